The van der Waals surface area contributed by atoms with E-state index in [1.165, 1.54) is 16.7 Å². The Balaban J connectivity index is 1.30. The number of nitrogens with one attached hydrogen (secondary N) is 1. The standard InChI is InChI=1S/C23H20N2O5S/c26-21(25-14-31-13-20(25)22(27)28)10-5-11-24-23(29)30-12-19-17-8-3-1-6-15(17)16-7-2-4-9-18(16)19/h1-4,6-9,19-20H,11-14H2,(H,24,29)(H,27,28)/t20-/m0/s1. The minimum Gasteiger partial charge on any atom is -0.480 e. The zero-order chi connectivity index (χ0) is 21.8. The highest BCUT2D eigenvalue weighted by Gasteiger charge is 2.34. The Bertz CT molecular complexity index is 1050. The Morgan fingerprint density at radius 1 is 1.10 bits per heavy atom. The predicted molar refractivity (Wildman–Crippen MR) is 116 cm³/mol. The summed E-state index contributed by atoms with van der Waals surface area (Å²) in [5.74, 6) is 3.93. The number of amides is 2. The van der Waals surface area contributed by atoms with Gasteiger partial charge in [0.2, 0.25) is 0 Å². The summed E-state index contributed by atoms with van der Waals surface area (Å²) in [5.41, 5.74) is 4.55. The molecule has 2 aliphatic rings. The number of alkyl carbamates (subject to hydrolysis) is 1. The number of benzene rings is 2. The second-order valence-corrected chi connectivity index (χ2v) is 8.11. The summed E-state index contributed by atoms with van der Waals surface area (Å²) >= 11 is 1.37. The zero-order valence-corrected chi connectivity index (χ0v) is 17.4. The quantitative estimate of drug-likeness (QED) is 0.715. The van der Waals surface area contributed by atoms with Gasteiger partial charge in [0.05, 0.1) is 12.4 Å². The lowest BCUT2D eigenvalue weighted by atomic mass is 9.98. The number of hydrogen-bond donors (Lipinski definition) is 2. The molecule has 2 aromatic rings. The summed E-state index contributed by atoms with van der Waals surface area (Å²) < 4.78 is 5.40. The third-order valence-electron chi connectivity index (χ3n) is 5.29. The number of rotatable bonds is 4. The number of carboxylic acids is 1. The number of carboxylic acid groups (broad SMARTS) is 1. The lowest BCUT2D eigenvalue weighted by molar-refractivity contribution is -0.145. The molecule has 8 heteroatoms. The molecule has 0 radical (unpaired) electrons. The topological polar surface area (TPSA) is 95.9 Å². The van der Waals surface area contributed by atoms with Gasteiger partial charge in [0.1, 0.15) is 12.6 Å². The molecule has 158 valence electrons. The maximum Gasteiger partial charge on any atom is 0.407 e. The average molecular weight is 436 g/mol. The fourth-order valence-electron chi connectivity index (χ4n) is 3.80. The van der Waals surface area contributed by atoms with Crippen molar-refractivity contribution in [3.8, 4) is 23.0 Å². The van der Waals surface area contributed by atoms with Crippen molar-refractivity contribution in [2.24, 2.45) is 0 Å². The highest BCUT2D eigenvalue weighted by atomic mass is 32.2. The summed E-state index contributed by atoms with van der Waals surface area (Å²) in [4.78, 5) is 36.5. The zero-order valence-electron chi connectivity index (χ0n) is 16.5. The molecule has 1 aliphatic heterocycles. The monoisotopic (exact) mass is 436 g/mol. The molecule has 7 nitrogen and oxygen atoms in total. The van der Waals surface area contributed by atoms with E-state index in [0.717, 1.165) is 22.3 Å². The molecule has 0 saturated carbocycles. The Morgan fingerprint density at radius 2 is 1.74 bits per heavy atom. The molecule has 2 N–H and O–H groups in total. The van der Waals surface area contributed by atoms with Crippen LogP contribution in [0.2, 0.25) is 0 Å². The van der Waals surface area contributed by atoms with Gasteiger partial charge >= 0.3 is 12.1 Å². The van der Waals surface area contributed by atoms with Gasteiger partial charge in [-0.3, -0.25) is 4.79 Å². The van der Waals surface area contributed by atoms with Crippen molar-refractivity contribution in [2.75, 3.05) is 24.8 Å². The van der Waals surface area contributed by atoms with Crippen LogP contribution in [0, 0.1) is 11.8 Å². The lowest BCUT2D eigenvalue weighted by Crippen LogP contribution is -2.41. The molecule has 31 heavy (non-hydrogen) atoms. The Labute approximate surface area is 183 Å². The first-order valence-corrected chi connectivity index (χ1v) is 10.9. The van der Waals surface area contributed by atoms with Gasteiger partial charge in [-0.25, -0.2) is 9.59 Å². The van der Waals surface area contributed by atoms with E-state index in [1.54, 1.807) is 0 Å². The maximum atomic E-state index is 12.1. The van der Waals surface area contributed by atoms with E-state index < -0.39 is 24.0 Å². The molecule has 1 atom stereocenters. The van der Waals surface area contributed by atoms with E-state index in [2.05, 4.69) is 29.3 Å². The fourth-order valence-corrected chi connectivity index (χ4v) is 4.95. The van der Waals surface area contributed by atoms with Gasteiger partial charge in [-0.15, -0.1) is 11.8 Å². The van der Waals surface area contributed by atoms with Crippen molar-refractivity contribution in [3.05, 3.63) is 59.7 Å². The second kappa shape index (κ2) is 9.14. The molecule has 0 unspecified atom stereocenters. The fraction of sp³-hybridized carbons (Fsp3) is 0.261. The highest BCUT2D eigenvalue weighted by Crippen LogP contribution is 2.44. The van der Waals surface area contributed by atoms with Crippen LogP contribution in [0.5, 0.6) is 0 Å². The van der Waals surface area contributed by atoms with E-state index in [4.69, 9.17) is 9.84 Å². The Kier molecular flexibility index (Phi) is 6.14. The van der Waals surface area contributed by atoms with Crippen LogP contribution in [-0.2, 0) is 14.3 Å². The van der Waals surface area contributed by atoms with Crippen molar-refractivity contribution >= 4 is 29.7 Å². The molecule has 0 bridgehead atoms. The smallest absolute Gasteiger partial charge is 0.407 e. The van der Waals surface area contributed by atoms with E-state index in [1.807, 2.05) is 36.4 Å². The van der Waals surface area contributed by atoms with Crippen molar-refractivity contribution in [1.82, 2.24) is 10.2 Å². The second-order valence-electron chi connectivity index (χ2n) is 7.11. The highest BCUT2D eigenvalue weighted by molar-refractivity contribution is 7.99. The number of fused-ring (bicyclic) bond motifs is 3. The number of hydrogen-bond acceptors (Lipinski definition) is 5. The van der Waals surface area contributed by atoms with Gasteiger partial charge in [-0.1, -0.05) is 54.5 Å². The first-order chi connectivity index (χ1) is 15.1. The minimum atomic E-state index is -1.04. The lowest BCUT2D eigenvalue weighted by Gasteiger charge is -2.16. The molecule has 4 rings (SSSR count). The van der Waals surface area contributed by atoms with E-state index in [-0.39, 0.29) is 19.1 Å². The molecule has 2 amide bonds. The number of ether oxygens (including phenoxy) is 1. The molecule has 1 saturated heterocycles. The summed E-state index contributed by atoms with van der Waals surface area (Å²) in [7, 11) is 0. The van der Waals surface area contributed by atoms with E-state index in [0.29, 0.717) is 11.6 Å². The van der Waals surface area contributed by atoms with Crippen molar-refractivity contribution in [3.63, 3.8) is 0 Å². The third kappa shape index (κ3) is 4.37. The third-order valence-corrected chi connectivity index (χ3v) is 6.30. The van der Waals surface area contributed by atoms with Crippen LogP contribution >= 0.6 is 11.8 Å². The molecule has 2 aromatic carbocycles. The van der Waals surface area contributed by atoms with Crippen molar-refractivity contribution < 1.29 is 24.2 Å². The average Bonchev–Trinajstić information content (AvgIpc) is 3.39. The minimum absolute atomic E-state index is 0.0357. The molecule has 0 aromatic heterocycles. The summed E-state index contributed by atoms with van der Waals surface area (Å²) in [5, 5.41) is 11.6. The number of thioether (sulfide) groups is 1. The first kappa shape index (κ1) is 20.8. The van der Waals surface area contributed by atoms with Crippen LogP contribution in [0.25, 0.3) is 11.1 Å². The molecular weight excluding hydrogens is 416 g/mol. The number of carbonyl (C=O) groups excluding carboxylic acids is 2. The SMILES string of the molecule is O=C(NCC#CC(=O)N1CSC[C@H]1C(=O)O)OCC1c2ccccc2-c2ccccc21. The van der Waals surface area contributed by atoms with Crippen LogP contribution in [0.4, 0.5) is 4.79 Å². The van der Waals surface area contributed by atoms with Gasteiger partial charge in [0.25, 0.3) is 5.91 Å². The molecule has 1 fully saturated rings. The van der Waals surface area contributed by atoms with Gasteiger partial charge in [0, 0.05) is 11.7 Å². The van der Waals surface area contributed by atoms with Gasteiger partial charge < -0.3 is 20.1 Å². The van der Waals surface area contributed by atoms with Crippen LogP contribution in [0.3, 0.4) is 0 Å². The van der Waals surface area contributed by atoms with Crippen LogP contribution in [-0.4, -0.2) is 58.8 Å². The van der Waals surface area contributed by atoms with Crippen molar-refractivity contribution in [1.29, 1.82) is 0 Å². The van der Waals surface area contributed by atoms with Gasteiger partial charge in [0.15, 0.2) is 0 Å². The normalized spacial score (nSPS) is 16.6. The maximum absolute atomic E-state index is 12.1. The van der Waals surface area contributed by atoms with Crippen LogP contribution in [0.15, 0.2) is 48.5 Å². The summed E-state index contributed by atoms with van der Waals surface area (Å²) in [6, 6.07) is 15.3. The van der Waals surface area contributed by atoms with E-state index >= 15 is 0 Å². The first-order valence-electron chi connectivity index (χ1n) is 9.75. The molecule has 1 aliphatic carbocycles. The Hall–Kier alpha value is -3.44. The summed E-state index contributed by atoms with van der Waals surface area (Å²) in [6.07, 6.45) is -0.622. The van der Waals surface area contributed by atoms with Crippen LogP contribution in [0.1, 0.15) is 17.0 Å². The molecule has 1 heterocycles. The summed E-state index contributed by atoms with van der Waals surface area (Å²) in [6.45, 7) is 0.124. The largest absolute Gasteiger partial charge is 0.480 e. The number of nitrogens with zero attached hydrogens (tertiary/aromatic N) is 1. The van der Waals surface area contributed by atoms with Crippen molar-refractivity contribution in [2.45, 2.75) is 12.0 Å². The predicted octanol–water partition coefficient (Wildman–Crippen LogP) is 2.51. The van der Waals surface area contributed by atoms with E-state index in [9.17, 15) is 14.4 Å². The van der Waals surface area contributed by atoms with Gasteiger partial charge in [-0.2, -0.15) is 0 Å². The number of aliphatic carboxylic acids is 1. The molecule has 0 spiro atoms. The molecular formula is C23H20N2O5S. The van der Waals surface area contributed by atoms with Gasteiger partial charge in [-0.05, 0) is 28.2 Å². The Morgan fingerprint density at radius 3 is 2.39 bits per heavy atom. The van der Waals surface area contributed by atoms with Crippen LogP contribution < -0.4 is 5.32 Å². The number of carbonyl (C=O) groups is 3.